The number of carbonyl (C=O) groups is 3. The van der Waals surface area contributed by atoms with Gasteiger partial charge in [0.1, 0.15) is 5.82 Å². The van der Waals surface area contributed by atoms with E-state index in [9.17, 15) is 18.8 Å². The van der Waals surface area contributed by atoms with Crippen LogP contribution in [0.2, 0.25) is 0 Å². The van der Waals surface area contributed by atoms with Gasteiger partial charge in [0.05, 0.1) is 18.3 Å². The molecule has 1 aromatic rings. The highest BCUT2D eigenvalue weighted by atomic mass is 32.2. The molecule has 1 atom stereocenters. The van der Waals surface area contributed by atoms with E-state index in [4.69, 9.17) is 4.74 Å². The van der Waals surface area contributed by atoms with E-state index >= 15 is 0 Å². The molecule has 1 amide bonds. The molecule has 0 aliphatic carbocycles. The molecule has 1 fully saturated rings. The van der Waals surface area contributed by atoms with E-state index < -0.39 is 5.82 Å². The smallest absolute Gasteiger partial charge is 0.310 e. The Morgan fingerprint density at radius 2 is 2.12 bits per heavy atom. The predicted octanol–water partition coefficient (Wildman–Crippen LogP) is 2.92. The molecule has 1 saturated heterocycles. The number of carbonyl (C=O) groups excluding carboxylic acids is 3. The van der Waals surface area contributed by atoms with Gasteiger partial charge in [-0.25, -0.2) is 4.39 Å². The number of likely N-dealkylation sites (tertiary alicyclic amines) is 1. The molecule has 0 spiro atoms. The molecule has 1 aliphatic heterocycles. The first-order chi connectivity index (χ1) is 11.9. The number of thioether (sulfide) groups is 1. The average Bonchev–Trinajstić information content (AvgIpc) is 2.60. The summed E-state index contributed by atoms with van der Waals surface area (Å²) in [4.78, 5) is 37.4. The van der Waals surface area contributed by atoms with Crippen LogP contribution in [0.4, 0.5) is 4.39 Å². The molecular weight excluding hydrogens is 345 g/mol. The lowest BCUT2D eigenvalue weighted by Gasteiger charge is -2.31. The lowest BCUT2D eigenvalue weighted by molar-refractivity contribution is -0.151. The van der Waals surface area contributed by atoms with Crippen LogP contribution in [0, 0.1) is 11.7 Å². The van der Waals surface area contributed by atoms with Gasteiger partial charge in [0.2, 0.25) is 5.91 Å². The predicted molar refractivity (Wildman–Crippen MR) is 93.1 cm³/mol. The Morgan fingerprint density at radius 1 is 1.36 bits per heavy atom. The van der Waals surface area contributed by atoms with Gasteiger partial charge in [-0.1, -0.05) is 6.07 Å². The number of benzene rings is 1. The van der Waals surface area contributed by atoms with Crippen LogP contribution in [0.5, 0.6) is 0 Å². The van der Waals surface area contributed by atoms with Crippen molar-refractivity contribution in [1.82, 2.24) is 4.90 Å². The van der Waals surface area contributed by atoms with Crippen molar-refractivity contribution in [3.05, 3.63) is 29.6 Å². The first-order valence-electron chi connectivity index (χ1n) is 8.30. The van der Waals surface area contributed by atoms with Crippen molar-refractivity contribution in [3.8, 4) is 0 Å². The van der Waals surface area contributed by atoms with Gasteiger partial charge in [0.15, 0.2) is 5.78 Å². The second kappa shape index (κ2) is 8.99. The van der Waals surface area contributed by atoms with Gasteiger partial charge in [-0.05, 0) is 38.8 Å². The molecule has 0 radical (unpaired) electrons. The highest BCUT2D eigenvalue weighted by molar-refractivity contribution is 8.00. The van der Waals surface area contributed by atoms with E-state index in [0.29, 0.717) is 30.2 Å². The van der Waals surface area contributed by atoms with Crippen LogP contribution in [-0.4, -0.2) is 48.0 Å². The maximum absolute atomic E-state index is 14.0. The third-order valence-electron chi connectivity index (χ3n) is 4.08. The Morgan fingerprint density at radius 3 is 2.76 bits per heavy atom. The number of halogens is 1. The first kappa shape index (κ1) is 19.4. The molecule has 5 nitrogen and oxygen atoms in total. The van der Waals surface area contributed by atoms with E-state index in [-0.39, 0.29) is 29.3 Å². The van der Waals surface area contributed by atoms with Crippen LogP contribution in [0.3, 0.4) is 0 Å². The quantitative estimate of drug-likeness (QED) is 0.439. The van der Waals surface area contributed by atoms with E-state index in [1.807, 2.05) is 0 Å². The zero-order valence-electron chi connectivity index (χ0n) is 14.4. The van der Waals surface area contributed by atoms with Gasteiger partial charge >= 0.3 is 5.97 Å². The zero-order chi connectivity index (χ0) is 18.4. The van der Waals surface area contributed by atoms with Crippen LogP contribution < -0.4 is 0 Å². The molecule has 1 heterocycles. The summed E-state index contributed by atoms with van der Waals surface area (Å²) in [5, 5.41) is 0. The third-order valence-corrected chi connectivity index (χ3v) is 5.12. The van der Waals surface area contributed by atoms with Gasteiger partial charge in [0, 0.05) is 23.5 Å². The number of hydrogen-bond donors (Lipinski definition) is 0. The van der Waals surface area contributed by atoms with Gasteiger partial charge in [-0.15, -0.1) is 11.8 Å². The van der Waals surface area contributed by atoms with E-state index in [1.54, 1.807) is 17.9 Å². The van der Waals surface area contributed by atoms with E-state index in [1.165, 1.54) is 19.1 Å². The molecule has 1 unspecified atom stereocenters. The number of ketones is 1. The summed E-state index contributed by atoms with van der Waals surface area (Å²) in [6, 6.07) is 4.25. The van der Waals surface area contributed by atoms with Crippen LogP contribution in [0.15, 0.2) is 23.1 Å². The number of Topliss-reactive ketones (excluding diaryl/α,β-unsaturated/α-hetero) is 1. The maximum atomic E-state index is 14.0. The second-order valence-electron chi connectivity index (χ2n) is 5.92. The summed E-state index contributed by atoms with van der Waals surface area (Å²) in [5.74, 6) is -1.30. The van der Waals surface area contributed by atoms with Crippen molar-refractivity contribution in [2.45, 2.75) is 31.6 Å². The fraction of sp³-hybridized carbons (Fsp3) is 0.500. The molecule has 0 N–H and O–H groups in total. The Balaban J connectivity index is 1.91. The highest BCUT2D eigenvalue weighted by Crippen LogP contribution is 2.25. The van der Waals surface area contributed by atoms with Crippen LogP contribution in [-0.2, 0) is 14.3 Å². The molecule has 0 saturated carbocycles. The molecule has 136 valence electrons. The average molecular weight is 367 g/mol. The normalized spacial score (nSPS) is 17.2. The Bertz CT molecular complexity index is 664. The SMILES string of the molecule is CCOC(=O)C1CCCN(C(=O)CSc2ccc(C(C)=O)cc2F)C1. The molecule has 1 aromatic carbocycles. The summed E-state index contributed by atoms with van der Waals surface area (Å²) < 4.78 is 19.0. The minimum atomic E-state index is -0.506. The maximum Gasteiger partial charge on any atom is 0.310 e. The van der Waals surface area contributed by atoms with Gasteiger partial charge < -0.3 is 9.64 Å². The summed E-state index contributed by atoms with van der Waals surface area (Å²) in [6.07, 6.45) is 1.47. The Labute approximate surface area is 150 Å². The molecule has 0 bridgehead atoms. The van der Waals surface area contributed by atoms with Gasteiger partial charge in [-0.3, -0.25) is 14.4 Å². The monoisotopic (exact) mass is 367 g/mol. The summed E-state index contributed by atoms with van der Waals surface area (Å²) in [6.45, 7) is 4.41. The lowest BCUT2D eigenvalue weighted by atomic mass is 9.98. The topological polar surface area (TPSA) is 63.7 Å². The van der Waals surface area contributed by atoms with Crippen molar-refractivity contribution in [3.63, 3.8) is 0 Å². The summed E-state index contributed by atoms with van der Waals surface area (Å²) in [7, 11) is 0. The molecule has 25 heavy (non-hydrogen) atoms. The van der Waals surface area contributed by atoms with Crippen molar-refractivity contribution in [2.75, 3.05) is 25.4 Å². The number of piperidine rings is 1. The number of rotatable bonds is 6. The molecular formula is C18H22FNO4S. The van der Waals surface area contributed by atoms with Gasteiger partial charge in [0.25, 0.3) is 0 Å². The fourth-order valence-electron chi connectivity index (χ4n) is 2.72. The summed E-state index contributed by atoms with van der Waals surface area (Å²) >= 11 is 1.10. The molecule has 0 aromatic heterocycles. The number of esters is 1. The largest absolute Gasteiger partial charge is 0.466 e. The fourth-order valence-corrected chi connectivity index (χ4v) is 3.55. The van der Waals surface area contributed by atoms with Crippen LogP contribution in [0.25, 0.3) is 0 Å². The third kappa shape index (κ3) is 5.29. The molecule has 2 rings (SSSR count). The lowest BCUT2D eigenvalue weighted by Crippen LogP contribution is -2.43. The van der Waals surface area contributed by atoms with E-state index in [2.05, 4.69) is 0 Å². The Hall–Kier alpha value is -1.89. The number of nitrogens with zero attached hydrogens (tertiary/aromatic N) is 1. The second-order valence-corrected chi connectivity index (χ2v) is 6.94. The molecule has 7 heteroatoms. The van der Waals surface area contributed by atoms with Crippen molar-refractivity contribution >= 4 is 29.4 Å². The highest BCUT2D eigenvalue weighted by Gasteiger charge is 2.29. The molecule has 1 aliphatic rings. The summed E-state index contributed by atoms with van der Waals surface area (Å²) in [5.41, 5.74) is 0.307. The minimum absolute atomic E-state index is 0.0892. The van der Waals surface area contributed by atoms with Crippen molar-refractivity contribution in [1.29, 1.82) is 0 Å². The van der Waals surface area contributed by atoms with E-state index in [0.717, 1.165) is 24.6 Å². The van der Waals surface area contributed by atoms with Crippen LogP contribution in [0.1, 0.15) is 37.0 Å². The standard InChI is InChI=1S/C18H22FNO4S/c1-3-24-18(23)14-5-4-8-20(10-14)17(22)11-25-16-7-6-13(12(2)21)9-15(16)19/h6-7,9,14H,3-5,8,10-11H2,1-2H3. The van der Waals surface area contributed by atoms with Crippen molar-refractivity contribution in [2.24, 2.45) is 5.92 Å². The van der Waals surface area contributed by atoms with Gasteiger partial charge in [-0.2, -0.15) is 0 Å². The number of ether oxygens (including phenoxy) is 1. The number of amides is 1. The Kier molecular flexibility index (Phi) is 6.99. The number of hydrogen-bond acceptors (Lipinski definition) is 5. The minimum Gasteiger partial charge on any atom is -0.466 e. The van der Waals surface area contributed by atoms with Crippen molar-refractivity contribution < 1.29 is 23.5 Å². The zero-order valence-corrected chi connectivity index (χ0v) is 15.2. The first-order valence-corrected chi connectivity index (χ1v) is 9.28. The van der Waals surface area contributed by atoms with Crippen LogP contribution >= 0.6 is 11.8 Å².